The molecule has 0 aliphatic carbocycles. The molecule has 0 spiro atoms. The van der Waals surface area contributed by atoms with E-state index in [0.29, 0.717) is 0 Å². The Morgan fingerprint density at radius 3 is 1.17 bits per heavy atom. The molecule has 0 amide bonds. The van der Waals surface area contributed by atoms with Crippen molar-refractivity contribution in [1.29, 1.82) is 0 Å². The fourth-order valence-corrected chi connectivity index (χ4v) is 0. The Hall–Kier alpha value is 3.27. The minimum atomic E-state index is 0. The predicted octanol–water partition coefficient (Wildman–Crippen LogP) is 0.285. The van der Waals surface area contributed by atoms with E-state index in [2.05, 4.69) is 11.6 Å². The van der Waals surface area contributed by atoms with Gasteiger partial charge in [-0.1, -0.05) is 0 Å². The molecule has 27 valence electrons. The van der Waals surface area contributed by atoms with Crippen molar-refractivity contribution in [3.8, 4) is 0 Å². The zero-order valence-corrected chi connectivity index (χ0v) is 12.3. The maximum Gasteiger partial charge on any atom is 0 e. The molecule has 1 nitrogen and oxygen atoms in total. The Bertz CT molecular complexity index is 18.3. The van der Waals surface area contributed by atoms with Gasteiger partial charge in [0.2, 0.25) is 0 Å². The molecule has 0 rings (SSSR count). The van der Waals surface area contributed by atoms with Gasteiger partial charge in [0, 0.05) is 98.1 Å². The summed E-state index contributed by atoms with van der Waals surface area (Å²) in [5, 5.41) is 0. The van der Waals surface area contributed by atoms with E-state index in [1.165, 1.54) is 0 Å². The van der Waals surface area contributed by atoms with Crippen LogP contribution in [0.5, 0.6) is 0 Å². The summed E-state index contributed by atoms with van der Waals surface area (Å²) in [4.78, 5) is 8.45. The average molecular weight is 330 g/mol. The topological polar surface area (TPSA) is 17.1 Å². The zero-order valence-electron chi connectivity index (χ0n) is 3.02. The fourth-order valence-electron chi connectivity index (χ4n) is 0. The number of rotatable bonds is 0. The van der Waals surface area contributed by atoms with E-state index in [4.69, 9.17) is 4.79 Å². The number of hydrogen-bond donors (Lipinski definition) is 0. The predicted molar refractivity (Wildman–Crippen MR) is 11.5 cm³/mol. The molecule has 0 aromatic rings. The summed E-state index contributed by atoms with van der Waals surface area (Å²) in [5.74, 6) is 0.972. The Morgan fingerprint density at radius 1 is 1.17 bits per heavy atom. The van der Waals surface area contributed by atoms with Crippen LogP contribution in [0.15, 0.2) is 0 Å². The monoisotopic (exact) mass is 330 g/mol. The molecule has 0 fully saturated rings. The van der Waals surface area contributed by atoms with Gasteiger partial charge in [0.15, 0.2) is 0 Å². The third kappa shape index (κ3) is 26.7. The first kappa shape index (κ1) is 22.8. The normalized spacial score (nSPS) is 2.17. The van der Waals surface area contributed by atoms with Crippen molar-refractivity contribution in [3.63, 3.8) is 0 Å². The molecule has 0 heterocycles. The van der Waals surface area contributed by atoms with E-state index in [0.717, 1.165) is 5.75 Å². The second-order valence-electron chi connectivity index (χ2n) is 0.0772. The van der Waals surface area contributed by atoms with E-state index >= 15 is 0 Å². The van der Waals surface area contributed by atoms with Gasteiger partial charge in [-0.15, -0.1) is 0 Å². The Balaban J connectivity index is -0.00000000667. The van der Waals surface area contributed by atoms with E-state index in [1.807, 2.05) is 0 Å². The van der Waals surface area contributed by atoms with Crippen LogP contribution >= 0.6 is 11.6 Å². The van der Waals surface area contributed by atoms with Crippen molar-refractivity contribution >= 4 is 17.3 Å². The van der Waals surface area contributed by atoms with Gasteiger partial charge in [-0.3, -0.25) is 0 Å². The standard InChI is InChI=1S/CClO.3Y/c2-1-3;;;/q-1;;;. The molecular weight excluding hydrogens is 330 g/mol. The SMILES string of the molecule is O=[C-]Cl.[Y].[Y].[Y]. The first-order chi connectivity index (χ1) is 1.41. The molecule has 0 aromatic carbocycles. The minimum absolute atomic E-state index is 0. The Morgan fingerprint density at radius 2 is 1.17 bits per heavy atom. The van der Waals surface area contributed by atoms with Crippen LogP contribution in [0.1, 0.15) is 0 Å². The molecule has 0 N–H and O–H groups in total. The van der Waals surface area contributed by atoms with Crippen LogP contribution in [0.2, 0.25) is 0 Å². The molecule has 0 saturated carbocycles. The van der Waals surface area contributed by atoms with E-state index in [-0.39, 0.29) is 98.1 Å². The quantitative estimate of drug-likeness (QED) is 0.461. The van der Waals surface area contributed by atoms with Crippen LogP contribution in [0.4, 0.5) is 0 Å². The average Bonchev–Trinajstić information content (AvgIpc) is 0.918. The van der Waals surface area contributed by atoms with Gasteiger partial charge < -0.3 is 16.4 Å². The summed E-state index contributed by atoms with van der Waals surface area (Å²) >= 11 is 4.19. The molecule has 0 atom stereocenters. The van der Waals surface area contributed by atoms with Gasteiger partial charge in [-0.2, -0.15) is 5.75 Å². The number of carbonyl (C=O) groups excluding carboxylic acids is 1. The van der Waals surface area contributed by atoms with Crippen LogP contribution < -0.4 is 0 Å². The van der Waals surface area contributed by atoms with Crippen LogP contribution in [0, 0.1) is 0 Å². The Labute approximate surface area is 117 Å². The van der Waals surface area contributed by atoms with Crippen LogP contribution in [-0.2, 0) is 103 Å². The molecule has 0 bridgehead atoms. The number of hydrogen-bond acceptors (Lipinski definition) is 1. The molecule has 0 aliphatic rings. The third-order valence-corrected chi connectivity index (χ3v) is 0. The molecule has 0 unspecified atom stereocenters. The zero-order chi connectivity index (χ0) is 2.71. The smallest absolute Gasteiger partial charge is 0 e. The summed E-state index contributed by atoms with van der Waals surface area (Å²) in [6.07, 6.45) is 0. The van der Waals surface area contributed by atoms with Crippen molar-refractivity contribution in [1.82, 2.24) is 0 Å². The van der Waals surface area contributed by atoms with Crippen molar-refractivity contribution in [3.05, 3.63) is 0 Å². The molecule has 3 radical (unpaired) electrons. The molecule has 0 saturated heterocycles. The largest absolute Gasteiger partial charge is 0.525 e. The molecular formula is CClOY3-. The molecule has 0 aromatic heterocycles. The summed E-state index contributed by atoms with van der Waals surface area (Å²) in [7, 11) is 0. The number of halogens is 1. The summed E-state index contributed by atoms with van der Waals surface area (Å²) < 4.78 is 0. The van der Waals surface area contributed by atoms with Crippen LogP contribution in [0.25, 0.3) is 0 Å². The maximum atomic E-state index is 8.45. The summed E-state index contributed by atoms with van der Waals surface area (Å²) in [6.45, 7) is 0. The summed E-state index contributed by atoms with van der Waals surface area (Å²) in [5.41, 5.74) is 0. The second kappa shape index (κ2) is 24.0. The molecule has 0 aliphatic heterocycles. The van der Waals surface area contributed by atoms with E-state index in [1.54, 1.807) is 0 Å². The maximum absolute atomic E-state index is 8.45. The second-order valence-corrected chi connectivity index (χ2v) is 0.231. The fraction of sp³-hybridized carbons (Fsp3) is 0. The summed E-state index contributed by atoms with van der Waals surface area (Å²) in [6, 6.07) is 0. The first-order valence-electron chi connectivity index (χ1n) is 0.393. The van der Waals surface area contributed by atoms with Gasteiger partial charge in [-0.25, -0.2) is 0 Å². The van der Waals surface area contributed by atoms with E-state index in [9.17, 15) is 0 Å². The van der Waals surface area contributed by atoms with Crippen molar-refractivity contribution in [2.75, 3.05) is 0 Å². The van der Waals surface area contributed by atoms with Crippen LogP contribution in [0.3, 0.4) is 0 Å². The third-order valence-electron chi connectivity index (χ3n) is 0. The van der Waals surface area contributed by atoms with Gasteiger partial charge in [-0.05, 0) is 0 Å². The van der Waals surface area contributed by atoms with E-state index < -0.39 is 0 Å². The Kier molecular flexibility index (Phi) is 91.2. The molecule has 5 heteroatoms. The van der Waals surface area contributed by atoms with Gasteiger partial charge in [0.05, 0.1) is 0 Å². The van der Waals surface area contributed by atoms with Gasteiger partial charge in [0.1, 0.15) is 0 Å². The van der Waals surface area contributed by atoms with Crippen molar-refractivity contribution < 1.29 is 103 Å². The van der Waals surface area contributed by atoms with Gasteiger partial charge in [0.25, 0.3) is 0 Å². The minimum Gasteiger partial charge on any atom is -0.525 e. The molecule has 6 heavy (non-hydrogen) atoms. The van der Waals surface area contributed by atoms with Crippen LogP contribution in [-0.4, -0.2) is 5.75 Å². The van der Waals surface area contributed by atoms with Crippen molar-refractivity contribution in [2.24, 2.45) is 0 Å². The van der Waals surface area contributed by atoms with Crippen molar-refractivity contribution in [2.45, 2.75) is 0 Å². The van der Waals surface area contributed by atoms with Gasteiger partial charge >= 0.3 is 0 Å². The first-order valence-corrected chi connectivity index (χ1v) is 0.771.